The van der Waals surface area contributed by atoms with Gasteiger partial charge < -0.3 is 15.2 Å². The molecular formula is C25H23N3O5. The Balaban J connectivity index is 1.41. The van der Waals surface area contributed by atoms with Crippen molar-refractivity contribution < 1.29 is 24.2 Å². The Morgan fingerprint density at radius 1 is 0.970 bits per heavy atom. The van der Waals surface area contributed by atoms with Crippen LogP contribution in [0.15, 0.2) is 66.7 Å². The number of ether oxygens (including phenoxy) is 1. The number of hydrogen-bond donors (Lipinski definition) is 3. The number of aromatic nitrogens is 1. The van der Waals surface area contributed by atoms with Crippen molar-refractivity contribution in [1.82, 2.24) is 10.3 Å². The summed E-state index contributed by atoms with van der Waals surface area (Å²) in [5.74, 6) is -1.71. The number of benzene rings is 2. The van der Waals surface area contributed by atoms with E-state index in [-0.39, 0.29) is 30.5 Å². The van der Waals surface area contributed by atoms with Crippen LogP contribution < -0.4 is 10.6 Å². The van der Waals surface area contributed by atoms with Crippen LogP contribution in [0.5, 0.6) is 0 Å². The molecule has 1 atom stereocenters. The Kier molecular flexibility index (Phi) is 6.35. The van der Waals surface area contributed by atoms with Gasteiger partial charge in [-0.05, 0) is 40.8 Å². The fourth-order valence-corrected chi connectivity index (χ4v) is 3.94. The van der Waals surface area contributed by atoms with Gasteiger partial charge in [-0.2, -0.15) is 0 Å². The van der Waals surface area contributed by atoms with Crippen molar-refractivity contribution in [2.45, 2.75) is 25.3 Å². The van der Waals surface area contributed by atoms with Crippen molar-refractivity contribution in [1.29, 1.82) is 0 Å². The Bertz CT molecular complexity index is 1160. The number of carbonyl (C=O) groups excluding carboxylic acids is 2. The van der Waals surface area contributed by atoms with Gasteiger partial charge in [-0.3, -0.25) is 10.1 Å². The van der Waals surface area contributed by atoms with Gasteiger partial charge in [0.2, 0.25) is 0 Å². The molecule has 0 radical (unpaired) electrons. The lowest BCUT2D eigenvalue weighted by Gasteiger charge is -2.15. The summed E-state index contributed by atoms with van der Waals surface area (Å²) in [5, 5.41) is 14.0. The number of carboxylic acid groups (broad SMARTS) is 1. The molecule has 1 aliphatic rings. The molecule has 0 saturated heterocycles. The molecule has 3 N–H and O–H groups in total. The van der Waals surface area contributed by atoms with E-state index in [2.05, 4.69) is 27.8 Å². The van der Waals surface area contributed by atoms with Gasteiger partial charge in [0.15, 0.2) is 0 Å². The first-order chi connectivity index (χ1) is 16.0. The lowest BCUT2D eigenvalue weighted by molar-refractivity contribution is -0.139. The third-order valence-corrected chi connectivity index (χ3v) is 5.57. The van der Waals surface area contributed by atoms with Crippen LogP contribution >= 0.6 is 0 Å². The van der Waals surface area contributed by atoms with Gasteiger partial charge in [0, 0.05) is 5.92 Å². The number of nitrogens with one attached hydrogen (secondary N) is 2. The van der Waals surface area contributed by atoms with Gasteiger partial charge in [-0.25, -0.2) is 14.6 Å². The van der Waals surface area contributed by atoms with E-state index in [9.17, 15) is 14.4 Å². The van der Waals surface area contributed by atoms with Crippen molar-refractivity contribution in [3.63, 3.8) is 0 Å². The average Bonchev–Trinajstić information content (AvgIpc) is 3.14. The van der Waals surface area contributed by atoms with E-state index in [1.54, 1.807) is 13.0 Å². The largest absolute Gasteiger partial charge is 0.480 e. The van der Waals surface area contributed by atoms with Crippen molar-refractivity contribution >= 4 is 23.8 Å². The van der Waals surface area contributed by atoms with Crippen LogP contribution in [-0.2, 0) is 9.53 Å². The fourth-order valence-electron chi connectivity index (χ4n) is 3.94. The van der Waals surface area contributed by atoms with E-state index in [4.69, 9.17) is 9.84 Å². The summed E-state index contributed by atoms with van der Waals surface area (Å²) in [5.41, 5.74) is 4.47. The maximum absolute atomic E-state index is 12.4. The second-order valence-electron chi connectivity index (χ2n) is 7.63. The van der Waals surface area contributed by atoms with E-state index < -0.39 is 24.0 Å². The summed E-state index contributed by atoms with van der Waals surface area (Å²) < 4.78 is 5.49. The molecule has 4 rings (SSSR count). The van der Waals surface area contributed by atoms with Gasteiger partial charge in [-0.1, -0.05) is 61.5 Å². The Morgan fingerprint density at radius 3 is 2.21 bits per heavy atom. The minimum absolute atomic E-state index is 0.00820. The molecule has 1 heterocycles. The first kappa shape index (κ1) is 22.0. The number of fused-ring (bicyclic) bond motifs is 3. The lowest BCUT2D eigenvalue weighted by Crippen LogP contribution is -2.40. The quantitative estimate of drug-likeness (QED) is 0.505. The van der Waals surface area contributed by atoms with Gasteiger partial charge >= 0.3 is 12.1 Å². The molecule has 8 heteroatoms. The molecule has 1 aliphatic carbocycles. The Labute approximate surface area is 190 Å². The molecule has 0 saturated carbocycles. The van der Waals surface area contributed by atoms with Gasteiger partial charge in [0.1, 0.15) is 24.2 Å². The van der Waals surface area contributed by atoms with Crippen molar-refractivity contribution in [2.75, 3.05) is 11.9 Å². The summed E-state index contributed by atoms with van der Waals surface area (Å²) in [6.45, 7) is 1.80. The van der Waals surface area contributed by atoms with E-state index in [1.807, 2.05) is 36.4 Å². The molecule has 168 valence electrons. The summed E-state index contributed by atoms with van der Waals surface area (Å²) in [6, 6.07) is 19.6. The predicted molar refractivity (Wildman–Crippen MR) is 122 cm³/mol. The summed E-state index contributed by atoms with van der Waals surface area (Å²) in [6.07, 6.45) is -0.461. The predicted octanol–water partition coefficient (Wildman–Crippen LogP) is 4.04. The van der Waals surface area contributed by atoms with E-state index in [0.29, 0.717) is 0 Å². The summed E-state index contributed by atoms with van der Waals surface area (Å²) in [4.78, 5) is 40.0. The Hall–Kier alpha value is -4.20. The first-order valence-corrected chi connectivity index (χ1v) is 10.6. The van der Waals surface area contributed by atoms with E-state index in [0.717, 1.165) is 22.3 Å². The monoisotopic (exact) mass is 445 g/mol. The minimum atomic E-state index is -1.13. The number of carboxylic acids is 1. The van der Waals surface area contributed by atoms with Crippen molar-refractivity contribution in [2.24, 2.45) is 0 Å². The first-order valence-electron chi connectivity index (χ1n) is 10.6. The third-order valence-electron chi connectivity index (χ3n) is 5.57. The normalized spacial score (nSPS) is 12.9. The van der Waals surface area contributed by atoms with Crippen LogP contribution in [0.3, 0.4) is 0 Å². The number of anilines is 1. The highest BCUT2D eigenvalue weighted by Gasteiger charge is 2.29. The molecule has 2 aromatic carbocycles. The van der Waals surface area contributed by atoms with Gasteiger partial charge in [-0.15, -0.1) is 0 Å². The van der Waals surface area contributed by atoms with Crippen LogP contribution in [0.4, 0.5) is 10.6 Å². The SMILES string of the molecule is CC[C@@H](NC(=O)c1cccc(NC(=O)OCC2c3ccccc3-c3ccccc32)n1)C(=O)O. The molecule has 0 bridgehead atoms. The number of rotatable bonds is 7. The topological polar surface area (TPSA) is 118 Å². The highest BCUT2D eigenvalue weighted by molar-refractivity contribution is 5.95. The zero-order valence-electron chi connectivity index (χ0n) is 17.9. The van der Waals surface area contributed by atoms with E-state index in [1.165, 1.54) is 12.1 Å². The van der Waals surface area contributed by atoms with Crippen LogP contribution in [0.2, 0.25) is 0 Å². The number of carbonyl (C=O) groups is 3. The standard InChI is InChI=1S/C25H23N3O5/c1-2-20(24(30)31)27-23(29)21-12-7-13-22(26-21)28-25(32)33-14-19-17-10-5-3-8-15(17)16-9-4-6-11-18(16)19/h3-13,19-20H,2,14H2,1H3,(H,27,29)(H,30,31)(H,26,28,32)/t20-/m1/s1. The molecule has 3 aromatic rings. The number of pyridine rings is 1. The zero-order valence-corrected chi connectivity index (χ0v) is 17.9. The molecule has 0 fully saturated rings. The summed E-state index contributed by atoms with van der Waals surface area (Å²) in [7, 11) is 0. The van der Waals surface area contributed by atoms with Crippen LogP contribution in [0.1, 0.15) is 40.9 Å². The lowest BCUT2D eigenvalue weighted by atomic mass is 9.98. The second-order valence-corrected chi connectivity index (χ2v) is 7.63. The van der Waals surface area contributed by atoms with Crippen LogP contribution in [0, 0.1) is 0 Å². The maximum Gasteiger partial charge on any atom is 0.412 e. The minimum Gasteiger partial charge on any atom is -0.480 e. The highest BCUT2D eigenvalue weighted by atomic mass is 16.5. The van der Waals surface area contributed by atoms with Crippen molar-refractivity contribution in [3.8, 4) is 11.1 Å². The molecule has 33 heavy (non-hydrogen) atoms. The van der Waals surface area contributed by atoms with Crippen LogP contribution in [-0.4, -0.2) is 40.7 Å². The highest BCUT2D eigenvalue weighted by Crippen LogP contribution is 2.44. The Morgan fingerprint density at radius 2 is 1.61 bits per heavy atom. The van der Waals surface area contributed by atoms with Gasteiger partial charge in [0.25, 0.3) is 5.91 Å². The number of hydrogen-bond acceptors (Lipinski definition) is 5. The van der Waals surface area contributed by atoms with Crippen LogP contribution in [0.25, 0.3) is 11.1 Å². The number of aliphatic carboxylic acids is 1. The maximum atomic E-state index is 12.4. The smallest absolute Gasteiger partial charge is 0.412 e. The third kappa shape index (κ3) is 4.69. The number of amides is 2. The molecule has 0 spiro atoms. The average molecular weight is 445 g/mol. The molecule has 2 amide bonds. The molecule has 1 aromatic heterocycles. The fraction of sp³-hybridized carbons (Fsp3) is 0.200. The second kappa shape index (κ2) is 9.52. The zero-order chi connectivity index (χ0) is 23.4. The molecule has 0 aliphatic heterocycles. The molecule has 0 unspecified atom stereocenters. The van der Waals surface area contributed by atoms with E-state index >= 15 is 0 Å². The number of nitrogens with zero attached hydrogens (tertiary/aromatic N) is 1. The van der Waals surface area contributed by atoms with Gasteiger partial charge in [0.05, 0.1) is 0 Å². The molecular weight excluding hydrogens is 422 g/mol. The van der Waals surface area contributed by atoms with Crippen molar-refractivity contribution in [3.05, 3.63) is 83.6 Å². The summed E-state index contributed by atoms with van der Waals surface area (Å²) >= 11 is 0. The molecule has 8 nitrogen and oxygen atoms in total.